The summed E-state index contributed by atoms with van der Waals surface area (Å²) in [7, 11) is 0. The van der Waals surface area contributed by atoms with Crippen LogP contribution < -0.4 is 4.90 Å². The number of benzene rings is 1. The molecular formula is C15H21NO2. The minimum Gasteiger partial charge on any atom is -0.507 e. The van der Waals surface area contributed by atoms with Crippen LogP contribution in [0.2, 0.25) is 0 Å². The van der Waals surface area contributed by atoms with E-state index in [-0.39, 0.29) is 5.92 Å². The van der Waals surface area contributed by atoms with E-state index in [0.717, 1.165) is 61.2 Å². The second-order valence-corrected chi connectivity index (χ2v) is 5.77. The van der Waals surface area contributed by atoms with Crippen molar-refractivity contribution in [2.75, 3.05) is 18.0 Å². The van der Waals surface area contributed by atoms with Crippen LogP contribution in [0.1, 0.15) is 49.3 Å². The summed E-state index contributed by atoms with van der Waals surface area (Å²) in [5, 5.41) is 20.9. The molecule has 18 heavy (non-hydrogen) atoms. The van der Waals surface area contributed by atoms with Gasteiger partial charge in [-0.05, 0) is 31.6 Å². The predicted molar refractivity (Wildman–Crippen MR) is 72.7 cm³/mol. The highest BCUT2D eigenvalue weighted by molar-refractivity contribution is 5.74. The van der Waals surface area contributed by atoms with E-state index < -0.39 is 0 Å². The number of phenolic OH excluding ortho intramolecular Hbond substituents is 2. The third kappa shape index (κ3) is 1.49. The molecular weight excluding hydrogens is 226 g/mol. The minimum atomic E-state index is 0.156. The standard InChI is InChI=1S/C15H21NO2/c1-9(2)12-14(17)10-5-3-7-16-8-4-6-11(13(10)16)15(12)18/h9,17-18H,3-8H2,1-2H3. The van der Waals surface area contributed by atoms with E-state index in [2.05, 4.69) is 4.90 Å². The molecule has 1 aromatic carbocycles. The smallest absolute Gasteiger partial charge is 0.128 e. The van der Waals surface area contributed by atoms with Gasteiger partial charge in [-0.25, -0.2) is 0 Å². The van der Waals surface area contributed by atoms with Gasteiger partial charge in [-0.2, -0.15) is 0 Å². The van der Waals surface area contributed by atoms with Gasteiger partial charge < -0.3 is 15.1 Å². The Morgan fingerprint density at radius 2 is 1.44 bits per heavy atom. The van der Waals surface area contributed by atoms with Crippen molar-refractivity contribution in [3.63, 3.8) is 0 Å². The summed E-state index contributed by atoms with van der Waals surface area (Å²) in [6.07, 6.45) is 4.07. The molecule has 0 amide bonds. The first-order valence-corrected chi connectivity index (χ1v) is 6.95. The summed E-state index contributed by atoms with van der Waals surface area (Å²) in [6.45, 7) is 6.16. The molecule has 0 radical (unpaired) electrons. The van der Waals surface area contributed by atoms with Crippen LogP contribution >= 0.6 is 0 Å². The summed E-state index contributed by atoms with van der Waals surface area (Å²) in [5.74, 6) is 0.838. The average Bonchev–Trinajstić information content (AvgIpc) is 2.35. The highest BCUT2D eigenvalue weighted by atomic mass is 16.3. The number of hydrogen-bond acceptors (Lipinski definition) is 3. The first-order chi connectivity index (χ1) is 8.61. The molecule has 3 heteroatoms. The Kier molecular flexibility index (Phi) is 2.65. The summed E-state index contributed by atoms with van der Waals surface area (Å²) in [4.78, 5) is 2.33. The van der Waals surface area contributed by atoms with Gasteiger partial charge in [0.25, 0.3) is 0 Å². The van der Waals surface area contributed by atoms with Gasteiger partial charge in [-0.15, -0.1) is 0 Å². The lowest BCUT2D eigenvalue weighted by Crippen LogP contribution is -2.34. The fourth-order valence-corrected chi connectivity index (χ4v) is 3.47. The molecule has 0 aromatic heterocycles. The summed E-state index contributed by atoms with van der Waals surface area (Å²) < 4.78 is 0. The zero-order valence-corrected chi connectivity index (χ0v) is 11.2. The molecule has 2 aliphatic rings. The van der Waals surface area contributed by atoms with E-state index in [1.165, 1.54) is 0 Å². The predicted octanol–water partition coefficient (Wildman–Crippen LogP) is 2.92. The van der Waals surface area contributed by atoms with Crippen molar-refractivity contribution in [1.29, 1.82) is 0 Å². The summed E-state index contributed by atoms with van der Waals surface area (Å²) >= 11 is 0. The first-order valence-electron chi connectivity index (χ1n) is 6.95. The van der Waals surface area contributed by atoms with Crippen LogP contribution in [0.4, 0.5) is 5.69 Å². The largest absolute Gasteiger partial charge is 0.507 e. The number of aromatic hydroxyl groups is 2. The molecule has 98 valence electrons. The van der Waals surface area contributed by atoms with E-state index in [9.17, 15) is 10.2 Å². The van der Waals surface area contributed by atoms with Crippen LogP contribution in [0.15, 0.2) is 0 Å². The molecule has 0 saturated carbocycles. The van der Waals surface area contributed by atoms with Gasteiger partial charge in [0.05, 0.1) is 5.69 Å². The lowest BCUT2D eigenvalue weighted by molar-refractivity contribution is 0.418. The second-order valence-electron chi connectivity index (χ2n) is 5.77. The van der Waals surface area contributed by atoms with Crippen molar-refractivity contribution in [1.82, 2.24) is 0 Å². The Hall–Kier alpha value is -1.38. The van der Waals surface area contributed by atoms with E-state index in [0.29, 0.717) is 11.5 Å². The van der Waals surface area contributed by atoms with Crippen LogP contribution in [0.25, 0.3) is 0 Å². The lowest BCUT2D eigenvalue weighted by atomic mass is 9.85. The summed E-state index contributed by atoms with van der Waals surface area (Å²) in [6, 6.07) is 0. The van der Waals surface area contributed by atoms with Crippen LogP contribution in [-0.2, 0) is 12.8 Å². The molecule has 3 rings (SSSR count). The summed E-state index contributed by atoms with van der Waals surface area (Å²) in [5.41, 5.74) is 4.01. The van der Waals surface area contributed by atoms with Crippen LogP contribution in [0.5, 0.6) is 11.5 Å². The monoisotopic (exact) mass is 247 g/mol. The second kappa shape index (κ2) is 4.08. The number of phenols is 2. The molecule has 0 saturated heterocycles. The van der Waals surface area contributed by atoms with Gasteiger partial charge in [0.1, 0.15) is 11.5 Å². The Labute approximate surface area is 108 Å². The Balaban J connectivity index is 2.30. The van der Waals surface area contributed by atoms with Gasteiger partial charge in [0, 0.05) is 29.8 Å². The van der Waals surface area contributed by atoms with Crippen molar-refractivity contribution in [2.45, 2.75) is 45.4 Å². The maximum atomic E-state index is 10.5. The quantitative estimate of drug-likeness (QED) is 0.802. The molecule has 2 N–H and O–H groups in total. The van der Waals surface area contributed by atoms with E-state index in [1.807, 2.05) is 13.8 Å². The molecule has 1 aromatic rings. The maximum absolute atomic E-state index is 10.5. The van der Waals surface area contributed by atoms with Gasteiger partial charge in [0.2, 0.25) is 0 Å². The Morgan fingerprint density at radius 3 is 1.89 bits per heavy atom. The number of hydrogen-bond donors (Lipinski definition) is 2. The third-order valence-corrected chi connectivity index (χ3v) is 4.26. The zero-order valence-electron chi connectivity index (χ0n) is 11.2. The number of nitrogens with zero attached hydrogens (tertiary/aromatic N) is 1. The SMILES string of the molecule is CC(C)c1c(O)c2c3c(c1O)CCCN3CCC2. The minimum absolute atomic E-state index is 0.156. The van der Waals surface area contributed by atoms with Crippen LogP contribution in [-0.4, -0.2) is 23.3 Å². The molecule has 2 aliphatic heterocycles. The molecule has 0 unspecified atom stereocenters. The maximum Gasteiger partial charge on any atom is 0.128 e. The normalized spacial score (nSPS) is 18.1. The third-order valence-electron chi connectivity index (χ3n) is 4.26. The van der Waals surface area contributed by atoms with Crippen molar-refractivity contribution in [3.05, 3.63) is 16.7 Å². The van der Waals surface area contributed by atoms with E-state index >= 15 is 0 Å². The molecule has 3 nitrogen and oxygen atoms in total. The van der Waals surface area contributed by atoms with E-state index in [4.69, 9.17) is 0 Å². The highest BCUT2D eigenvalue weighted by Gasteiger charge is 2.31. The topological polar surface area (TPSA) is 43.7 Å². The lowest BCUT2D eigenvalue weighted by Gasteiger charge is -2.38. The molecule has 0 bridgehead atoms. The molecule has 0 fully saturated rings. The van der Waals surface area contributed by atoms with Gasteiger partial charge >= 0.3 is 0 Å². The molecule has 2 heterocycles. The van der Waals surface area contributed by atoms with Gasteiger partial charge in [-0.3, -0.25) is 0 Å². The fraction of sp³-hybridized carbons (Fsp3) is 0.600. The van der Waals surface area contributed by atoms with Crippen molar-refractivity contribution >= 4 is 5.69 Å². The van der Waals surface area contributed by atoms with Crippen LogP contribution in [0, 0.1) is 0 Å². The number of anilines is 1. The first kappa shape index (κ1) is 11.7. The number of rotatable bonds is 1. The molecule has 0 spiro atoms. The van der Waals surface area contributed by atoms with Gasteiger partial charge in [0.15, 0.2) is 0 Å². The van der Waals surface area contributed by atoms with Gasteiger partial charge in [-0.1, -0.05) is 13.8 Å². The fourth-order valence-electron chi connectivity index (χ4n) is 3.47. The van der Waals surface area contributed by atoms with E-state index in [1.54, 1.807) is 0 Å². The van der Waals surface area contributed by atoms with Crippen molar-refractivity contribution < 1.29 is 10.2 Å². The average molecular weight is 247 g/mol. The Morgan fingerprint density at radius 1 is 0.944 bits per heavy atom. The highest BCUT2D eigenvalue weighted by Crippen LogP contribution is 2.49. The molecule has 0 atom stereocenters. The van der Waals surface area contributed by atoms with Crippen molar-refractivity contribution in [3.8, 4) is 11.5 Å². The van der Waals surface area contributed by atoms with Crippen molar-refractivity contribution in [2.24, 2.45) is 0 Å². The molecule has 0 aliphatic carbocycles. The zero-order chi connectivity index (χ0) is 12.9. The Bertz CT molecular complexity index is 457. The van der Waals surface area contributed by atoms with Crippen LogP contribution in [0.3, 0.4) is 0 Å².